The third-order valence-electron chi connectivity index (χ3n) is 3.35. The Hall–Kier alpha value is -1.55. The maximum absolute atomic E-state index is 11.9. The van der Waals surface area contributed by atoms with Gasteiger partial charge in [0.25, 0.3) is 5.91 Å². The van der Waals surface area contributed by atoms with Crippen LogP contribution in [0.25, 0.3) is 0 Å². The number of carbonyl (C=O) groups is 1. The van der Waals surface area contributed by atoms with E-state index in [1.807, 2.05) is 0 Å². The molecular weight excluding hydrogens is 228 g/mol. The molecule has 0 bridgehead atoms. The second-order valence-corrected chi connectivity index (χ2v) is 4.95. The van der Waals surface area contributed by atoms with E-state index in [9.17, 15) is 4.79 Å². The number of hydrogen-bond donors (Lipinski definition) is 3. The van der Waals surface area contributed by atoms with E-state index in [4.69, 9.17) is 5.11 Å². The molecule has 98 valence electrons. The molecule has 1 aliphatic rings. The van der Waals surface area contributed by atoms with E-state index in [-0.39, 0.29) is 11.7 Å². The molecule has 1 aromatic carbocycles. The van der Waals surface area contributed by atoms with Crippen LogP contribution in [0.2, 0.25) is 0 Å². The summed E-state index contributed by atoms with van der Waals surface area (Å²) in [6, 6.07) is 7.21. The fourth-order valence-corrected chi connectivity index (χ4v) is 2.33. The summed E-state index contributed by atoms with van der Waals surface area (Å²) in [5.74, 6) is 0.0874. The molecule has 4 nitrogen and oxygen atoms in total. The number of phenols is 1. The lowest BCUT2D eigenvalue weighted by Gasteiger charge is -2.28. The summed E-state index contributed by atoms with van der Waals surface area (Å²) in [6.07, 6.45) is 3.54. The summed E-state index contributed by atoms with van der Waals surface area (Å²) < 4.78 is 0. The van der Waals surface area contributed by atoms with Gasteiger partial charge in [0.2, 0.25) is 0 Å². The normalized spacial score (nSPS) is 23.6. The van der Waals surface area contributed by atoms with Gasteiger partial charge in [-0.15, -0.1) is 0 Å². The molecule has 1 amide bonds. The second kappa shape index (κ2) is 5.87. The minimum Gasteiger partial charge on any atom is -0.508 e. The van der Waals surface area contributed by atoms with Crippen molar-refractivity contribution >= 4 is 5.91 Å². The summed E-state index contributed by atoms with van der Waals surface area (Å²) in [7, 11) is 0. The highest BCUT2D eigenvalue weighted by molar-refractivity contribution is 5.94. The molecule has 0 aromatic heterocycles. The van der Waals surface area contributed by atoms with E-state index in [2.05, 4.69) is 17.6 Å². The molecule has 1 saturated heterocycles. The van der Waals surface area contributed by atoms with Crippen LogP contribution in [0.4, 0.5) is 0 Å². The van der Waals surface area contributed by atoms with E-state index in [1.165, 1.54) is 25.0 Å². The van der Waals surface area contributed by atoms with Crippen LogP contribution in [0.15, 0.2) is 24.3 Å². The molecule has 0 spiro atoms. The van der Waals surface area contributed by atoms with Gasteiger partial charge in [0.15, 0.2) is 0 Å². The zero-order valence-electron chi connectivity index (χ0n) is 10.6. The monoisotopic (exact) mass is 248 g/mol. The van der Waals surface area contributed by atoms with E-state index in [1.54, 1.807) is 12.1 Å². The minimum absolute atomic E-state index is 0.0879. The summed E-state index contributed by atoms with van der Waals surface area (Å²) in [5, 5.41) is 15.6. The Balaban J connectivity index is 1.82. The van der Waals surface area contributed by atoms with Crippen LogP contribution in [0.1, 0.15) is 36.5 Å². The van der Waals surface area contributed by atoms with Gasteiger partial charge in [0, 0.05) is 24.2 Å². The van der Waals surface area contributed by atoms with Crippen LogP contribution in [0, 0.1) is 0 Å². The van der Waals surface area contributed by atoms with Gasteiger partial charge in [-0.1, -0.05) is 6.42 Å². The predicted octanol–water partition coefficient (Wildman–Crippen LogP) is 1.65. The Kier molecular flexibility index (Phi) is 4.20. The number of carbonyl (C=O) groups excluding carboxylic acids is 1. The maximum Gasteiger partial charge on any atom is 0.251 e. The Labute approximate surface area is 107 Å². The third-order valence-corrected chi connectivity index (χ3v) is 3.35. The van der Waals surface area contributed by atoms with E-state index in [0.717, 1.165) is 6.42 Å². The van der Waals surface area contributed by atoms with Crippen molar-refractivity contribution in [3.63, 3.8) is 0 Å². The largest absolute Gasteiger partial charge is 0.508 e. The Morgan fingerprint density at radius 3 is 2.78 bits per heavy atom. The molecule has 0 radical (unpaired) electrons. The molecule has 1 heterocycles. The number of nitrogens with one attached hydrogen (secondary N) is 2. The molecule has 1 fully saturated rings. The highest BCUT2D eigenvalue weighted by Gasteiger charge is 2.18. The molecule has 2 unspecified atom stereocenters. The number of benzene rings is 1. The Morgan fingerprint density at radius 1 is 1.39 bits per heavy atom. The van der Waals surface area contributed by atoms with Gasteiger partial charge in [-0.25, -0.2) is 0 Å². The van der Waals surface area contributed by atoms with Crippen LogP contribution in [0.5, 0.6) is 5.75 Å². The molecule has 3 N–H and O–H groups in total. The predicted molar refractivity (Wildman–Crippen MR) is 70.7 cm³/mol. The van der Waals surface area contributed by atoms with Crippen LogP contribution in [-0.2, 0) is 0 Å². The van der Waals surface area contributed by atoms with Gasteiger partial charge in [-0.3, -0.25) is 4.79 Å². The number of hydrogen-bond acceptors (Lipinski definition) is 3. The third kappa shape index (κ3) is 3.47. The molecule has 1 aromatic rings. The van der Waals surface area contributed by atoms with Gasteiger partial charge in [-0.2, -0.15) is 0 Å². The van der Waals surface area contributed by atoms with E-state index < -0.39 is 0 Å². The Morgan fingerprint density at radius 2 is 2.11 bits per heavy atom. The van der Waals surface area contributed by atoms with Crippen molar-refractivity contribution in [1.82, 2.24) is 10.6 Å². The van der Waals surface area contributed by atoms with Crippen molar-refractivity contribution in [3.05, 3.63) is 29.8 Å². The SMILES string of the molecule is CC1CCCC(CNC(=O)c2ccc(O)cc2)N1. The number of phenolic OH excluding ortho intramolecular Hbond substituents is 1. The summed E-state index contributed by atoms with van der Waals surface area (Å²) >= 11 is 0. The van der Waals surface area contributed by atoms with Crippen molar-refractivity contribution in [1.29, 1.82) is 0 Å². The van der Waals surface area contributed by atoms with Crippen molar-refractivity contribution in [2.75, 3.05) is 6.54 Å². The first-order valence-electron chi connectivity index (χ1n) is 6.48. The summed E-state index contributed by atoms with van der Waals surface area (Å²) in [4.78, 5) is 11.9. The Bertz CT molecular complexity index is 403. The van der Waals surface area contributed by atoms with Gasteiger partial charge < -0.3 is 15.7 Å². The topological polar surface area (TPSA) is 61.4 Å². The minimum atomic E-state index is -0.0879. The number of aromatic hydroxyl groups is 1. The molecule has 0 aliphatic carbocycles. The highest BCUT2D eigenvalue weighted by Crippen LogP contribution is 2.12. The van der Waals surface area contributed by atoms with Crippen molar-refractivity contribution in [2.45, 2.75) is 38.3 Å². The zero-order chi connectivity index (χ0) is 13.0. The number of amides is 1. The fourth-order valence-electron chi connectivity index (χ4n) is 2.33. The van der Waals surface area contributed by atoms with Gasteiger partial charge in [0.05, 0.1) is 0 Å². The van der Waals surface area contributed by atoms with Crippen molar-refractivity contribution < 1.29 is 9.90 Å². The first-order valence-corrected chi connectivity index (χ1v) is 6.48. The highest BCUT2D eigenvalue weighted by atomic mass is 16.3. The molecular formula is C14H20N2O2. The second-order valence-electron chi connectivity index (χ2n) is 4.95. The fraction of sp³-hybridized carbons (Fsp3) is 0.500. The van der Waals surface area contributed by atoms with Crippen molar-refractivity contribution in [2.24, 2.45) is 0 Å². The lowest BCUT2D eigenvalue weighted by atomic mass is 9.99. The average Bonchev–Trinajstić information content (AvgIpc) is 2.37. The van der Waals surface area contributed by atoms with Gasteiger partial charge >= 0.3 is 0 Å². The molecule has 2 atom stereocenters. The zero-order valence-corrected chi connectivity index (χ0v) is 10.6. The van der Waals surface area contributed by atoms with Crippen LogP contribution in [-0.4, -0.2) is 29.6 Å². The quantitative estimate of drug-likeness (QED) is 0.762. The van der Waals surface area contributed by atoms with Crippen LogP contribution in [0.3, 0.4) is 0 Å². The van der Waals surface area contributed by atoms with Gasteiger partial charge in [0.1, 0.15) is 5.75 Å². The van der Waals surface area contributed by atoms with Crippen LogP contribution < -0.4 is 10.6 Å². The number of rotatable bonds is 3. The lowest BCUT2D eigenvalue weighted by Crippen LogP contribution is -2.47. The van der Waals surface area contributed by atoms with Gasteiger partial charge in [-0.05, 0) is 44.0 Å². The van der Waals surface area contributed by atoms with Crippen LogP contribution >= 0.6 is 0 Å². The van der Waals surface area contributed by atoms with Crippen molar-refractivity contribution in [3.8, 4) is 5.75 Å². The molecule has 4 heteroatoms. The molecule has 18 heavy (non-hydrogen) atoms. The standard InChI is InChI=1S/C14H20N2O2/c1-10-3-2-4-12(16-10)9-15-14(18)11-5-7-13(17)8-6-11/h5-8,10,12,16-17H,2-4,9H2,1H3,(H,15,18). The summed E-state index contributed by atoms with van der Waals surface area (Å²) in [5.41, 5.74) is 0.580. The lowest BCUT2D eigenvalue weighted by molar-refractivity contribution is 0.0946. The first kappa shape index (κ1) is 12.9. The summed E-state index contributed by atoms with van der Waals surface area (Å²) in [6.45, 7) is 2.83. The first-order chi connectivity index (χ1) is 8.65. The van der Waals surface area contributed by atoms with E-state index in [0.29, 0.717) is 24.2 Å². The van der Waals surface area contributed by atoms with E-state index >= 15 is 0 Å². The smallest absolute Gasteiger partial charge is 0.251 e. The number of piperidine rings is 1. The average molecular weight is 248 g/mol. The molecule has 0 saturated carbocycles. The molecule has 1 aliphatic heterocycles. The maximum atomic E-state index is 11.9. The molecule has 2 rings (SSSR count).